The number of hydrogen-bond acceptors (Lipinski definition) is 4. The molecule has 1 aliphatic carbocycles. The molecule has 2 aromatic carbocycles. The van der Waals surface area contributed by atoms with Crippen molar-refractivity contribution in [2.24, 2.45) is 5.14 Å². The molecule has 1 aliphatic rings. The number of ether oxygens (including phenoxy) is 1. The first-order valence-electron chi connectivity index (χ1n) is 8.17. The molecular formula is C20H19NO5S. The molecule has 0 heterocycles. The molecule has 0 aromatic heterocycles. The smallest absolute Gasteiger partial charge is 0.336 e. The highest BCUT2D eigenvalue weighted by molar-refractivity contribution is 7.89. The van der Waals surface area contributed by atoms with E-state index in [0.29, 0.717) is 23.3 Å². The Morgan fingerprint density at radius 1 is 1.22 bits per heavy atom. The van der Waals surface area contributed by atoms with Crippen molar-refractivity contribution in [2.45, 2.75) is 18.2 Å². The van der Waals surface area contributed by atoms with Gasteiger partial charge in [0, 0.05) is 0 Å². The lowest BCUT2D eigenvalue weighted by atomic mass is 9.96. The minimum absolute atomic E-state index is 0.0258. The lowest BCUT2D eigenvalue weighted by molar-refractivity contribution is -0.132. The zero-order chi connectivity index (χ0) is 19.8. The van der Waals surface area contributed by atoms with E-state index in [4.69, 9.17) is 9.88 Å². The summed E-state index contributed by atoms with van der Waals surface area (Å²) in [6.45, 7) is 1.94. The topological polar surface area (TPSA) is 107 Å². The van der Waals surface area contributed by atoms with Gasteiger partial charge in [-0.3, -0.25) is 0 Å². The van der Waals surface area contributed by atoms with E-state index in [2.05, 4.69) is 0 Å². The molecule has 0 saturated carbocycles. The third-order valence-corrected chi connectivity index (χ3v) is 5.41. The quantitative estimate of drug-likeness (QED) is 0.770. The molecule has 140 valence electrons. The highest BCUT2D eigenvalue weighted by Crippen LogP contribution is 2.37. The number of hydrogen-bond donors (Lipinski definition) is 2. The number of nitrogens with two attached hydrogens (primary N) is 1. The van der Waals surface area contributed by atoms with Crippen LogP contribution >= 0.6 is 0 Å². The van der Waals surface area contributed by atoms with Gasteiger partial charge in [-0.05, 0) is 65.4 Å². The number of sulfonamides is 1. The maximum absolute atomic E-state index is 11.9. The van der Waals surface area contributed by atoms with Crippen LogP contribution in [0.5, 0.6) is 5.75 Å². The number of carboxylic acids is 1. The lowest BCUT2D eigenvalue weighted by Crippen LogP contribution is -2.11. The molecule has 7 heteroatoms. The second-order valence-electron chi connectivity index (χ2n) is 6.28. The van der Waals surface area contributed by atoms with Gasteiger partial charge in [0.2, 0.25) is 10.0 Å². The number of aliphatic carboxylic acids is 1. The minimum Gasteiger partial charge on any atom is -0.496 e. The number of carboxylic acid groups (broad SMARTS) is 1. The van der Waals surface area contributed by atoms with Crippen molar-refractivity contribution in [1.29, 1.82) is 0 Å². The van der Waals surface area contributed by atoms with Crippen molar-refractivity contribution in [3.8, 4) is 5.75 Å². The first-order chi connectivity index (χ1) is 12.7. The van der Waals surface area contributed by atoms with Crippen LogP contribution in [-0.4, -0.2) is 26.6 Å². The molecule has 0 fully saturated rings. The van der Waals surface area contributed by atoms with Crippen LogP contribution in [0.15, 0.2) is 52.9 Å². The van der Waals surface area contributed by atoms with Crippen molar-refractivity contribution in [1.82, 2.24) is 0 Å². The molecular weight excluding hydrogens is 366 g/mol. The first kappa shape index (κ1) is 18.9. The third-order valence-electron chi connectivity index (χ3n) is 4.48. The number of methoxy groups -OCH3 is 1. The van der Waals surface area contributed by atoms with E-state index in [1.54, 1.807) is 7.11 Å². The van der Waals surface area contributed by atoms with Crippen LogP contribution in [0.3, 0.4) is 0 Å². The summed E-state index contributed by atoms with van der Waals surface area (Å²) in [5.41, 5.74) is 4.17. The molecule has 0 saturated heterocycles. The van der Waals surface area contributed by atoms with Crippen LogP contribution in [-0.2, 0) is 21.2 Å². The molecule has 0 unspecified atom stereocenters. The summed E-state index contributed by atoms with van der Waals surface area (Å²) >= 11 is 0. The average molecular weight is 385 g/mol. The van der Waals surface area contributed by atoms with Gasteiger partial charge in [-0.1, -0.05) is 24.3 Å². The second-order valence-corrected chi connectivity index (χ2v) is 7.84. The largest absolute Gasteiger partial charge is 0.496 e. The van der Waals surface area contributed by atoms with E-state index in [-0.39, 0.29) is 10.5 Å². The van der Waals surface area contributed by atoms with Crippen LogP contribution in [0.1, 0.15) is 22.3 Å². The van der Waals surface area contributed by atoms with Crippen LogP contribution in [0.4, 0.5) is 0 Å². The maximum Gasteiger partial charge on any atom is 0.336 e. The zero-order valence-electron chi connectivity index (χ0n) is 14.9. The molecule has 27 heavy (non-hydrogen) atoms. The fourth-order valence-electron chi connectivity index (χ4n) is 3.14. The number of rotatable bonds is 5. The first-order valence-corrected chi connectivity index (χ1v) is 9.71. The van der Waals surface area contributed by atoms with E-state index < -0.39 is 16.0 Å². The van der Waals surface area contributed by atoms with Gasteiger partial charge in [0.05, 0.1) is 17.6 Å². The summed E-state index contributed by atoms with van der Waals surface area (Å²) in [5, 5.41) is 14.8. The van der Waals surface area contributed by atoms with Gasteiger partial charge in [-0.25, -0.2) is 18.4 Å². The Kier molecular flexibility index (Phi) is 4.91. The molecule has 0 amide bonds. The predicted molar refractivity (Wildman–Crippen MR) is 103 cm³/mol. The van der Waals surface area contributed by atoms with Gasteiger partial charge in [0.15, 0.2) is 0 Å². The number of allylic oxidation sites excluding steroid dienone is 1. The highest BCUT2D eigenvalue weighted by atomic mass is 32.2. The van der Waals surface area contributed by atoms with Gasteiger partial charge in [-0.2, -0.15) is 0 Å². The SMILES string of the molecule is COc1cc2c(cc1C)CC=C2C(=Cc1ccc(S(N)(=O)=O)cc1)C(=O)O. The Labute approximate surface area is 157 Å². The van der Waals surface area contributed by atoms with Gasteiger partial charge in [-0.15, -0.1) is 0 Å². The number of benzene rings is 2. The van der Waals surface area contributed by atoms with E-state index >= 15 is 0 Å². The van der Waals surface area contributed by atoms with Crippen molar-refractivity contribution < 1.29 is 23.1 Å². The van der Waals surface area contributed by atoms with Crippen molar-refractivity contribution in [2.75, 3.05) is 7.11 Å². The summed E-state index contributed by atoms with van der Waals surface area (Å²) in [4.78, 5) is 11.9. The highest BCUT2D eigenvalue weighted by Gasteiger charge is 2.23. The summed E-state index contributed by atoms with van der Waals surface area (Å²) in [6, 6.07) is 9.60. The molecule has 6 nitrogen and oxygen atoms in total. The van der Waals surface area contributed by atoms with Crippen LogP contribution in [0.25, 0.3) is 11.6 Å². The Hall–Kier alpha value is -2.90. The minimum atomic E-state index is -3.79. The van der Waals surface area contributed by atoms with E-state index in [9.17, 15) is 18.3 Å². The van der Waals surface area contributed by atoms with Crippen LogP contribution in [0.2, 0.25) is 0 Å². The number of aryl methyl sites for hydroxylation is 1. The standard InChI is InChI=1S/C20H19NO5S/c1-12-9-14-5-8-16(17(14)11-19(12)26-2)18(20(22)23)10-13-3-6-15(7-4-13)27(21,24)25/h3-4,6-11H,5H2,1-2H3,(H,22,23)(H2,21,24,25). The zero-order valence-corrected chi connectivity index (χ0v) is 15.7. The van der Waals surface area contributed by atoms with E-state index in [1.165, 1.54) is 30.3 Å². The van der Waals surface area contributed by atoms with Crippen molar-refractivity contribution in [3.63, 3.8) is 0 Å². The van der Waals surface area contributed by atoms with E-state index in [0.717, 1.165) is 16.7 Å². The number of fused-ring (bicyclic) bond motifs is 1. The average Bonchev–Trinajstić information content (AvgIpc) is 3.00. The van der Waals surface area contributed by atoms with Gasteiger partial charge >= 0.3 is 5.97 Å². The monoisotopic (exact) mass is 385 g/mol. The summed E-state index contributed by atoms with van der Waals surface area (Å²) < 4.78 is 28.1. The summed E-state index contributed by atoms with van der Waals surface area (Å²) in [5.74, 6) is -0.368. The van der Waals surface area contributed by atoms with Crippen molar-refractivity contribution in [3.05, 3.63) is 70.3 Å². The molecule has 2 aromatic rings. The third kappa shape index (κ3) is 3.79. The number of primary sulfonamides is 1. The van der Waals surface area contributed by atoms with Crippen molar-refractivity contribution >= 4 is 27.6 Å². The maximum atomic E-state index is 11.9. The molecule has 0 spiro atoms. The molecule has 0 atom stereocenters. The lowest BCUT2D eigenvalue weighted by Gasteiger charge is -2.12. The molecule has 0 aliphatic heterocycles. The molecule has 0 bridgehead atoms. The fourth-order valence-corrected chi connectivity index (χ4v) is 3.65. The Balaban J connectivity index is 2.04. The molecule has 3 rings (SSSR count). The van der Waals surface area contributed by atoms with Gasteiger partial charge in [0.1, 0.15) is 5.75 Å². The fraction of sp³-hybridized carbons (Fsp3) is 0.150. The van der Waals surface area contributed by atoms with Gasteiger partial charge in [0.25, 0.3) is 0 Å². The Morgan fingerprint density at radius 2 is 1.89 bits per heavy atom. The summed E-state index contributed by atoms with van der Waals surface area (Å²) in [7, 11) is -2.22. The number of carbonyl (C=O) groups is 1. The predicted octanol–water partition coefficient (Wildman–Crippen LogP) is 2.76. The van der Waals surface area contributed by atoms with Crippen LogP contribution < -0.4 is 9.88 Å². The summed E-state index contributed by atoms with van der Waals surface area (Å²) in [6.07, 6.45) is 4.04. The molecule has 3 N–H and O–H groups in total. The van der Waals surface area contributed by atoms with Gasteiger partial charge < -0.3 is 9.84 Å². The van der Waals surface area contributed by atoms with E-state index in [1.807, 2.05) is 25.1 Å². The normalized spacial score (nSPS) is 13.9. The van der Waals surface area contributed by atoms with Crippen LogP contribution in [0, 0.1) is 6.92 Å². The molecule has 0 radical (unpaired) electrons. The Morgan fingerprint density at radius 3 is 2.44 bits per heavy atom. The Bertz CT molecular complexity index is 1080. The second kappa shape index (κ2) is 7.02.